The molecular weight excluding hydrogens is 384 g/mol. The van der Waals surface area contributed by atoms with Crippen molar-refractivity contribution in [2.24, 2.45) is 0 Å². The molecule has 2 aromatic carbocycles. The van der Waals surface area contributed by atoms with E-state index in [0.717, 1.165) is 16.7 Å². The van der Waals surface area contributed by atoms with Crippen LogP contribution in [0, 0.1) is 0 Å². The highest BCUT2D eigenvalue weighted by Gasteiger charge is 2.44. The van der Waals surface area contributed by atoms with Crippen LogP contribution in [-0.2, 0) is 6.42 Å². The van der Waals surface area contributed by atoms with Crippen LogP contribution in [0.5, 0.6) is 5.88 Å². The monoisotopic (exact) mass is 414 g/mol. The first-order chi connectivity index (χ1) is 15.0. The number of hydrogen-bond donors (Lipinski definition) is 0. The molecule has 4 nitrogen and oxygen atoms in total. The average molecular weight is 415 g/mol. The van der Waals surface area contributed by atoms with Crippen LogP contribution in [0.4, 0.5) is 5.69 Å². The minimum atomic E-state index is 0.147. The lowest BCUT2D eigenvalue weighted by molar-refractivity contribution is 0.0983. The summed E-state index contributed by atoms with van der Waals surface area (Å²) in [6.45, 7) is 2.27. The number of aromatic nitrogens is 1. The first-order valence-corrected chi connectivity index (χ1v) is 11.0. The summed E-state index contributed by atoms with van der Waals surface area (Å²) in [5, 5.41) is 0. The molecule has 0 bridgehead atoms. The van der Waals surface area contributed by atoms with E-state index in [1.54, 1.807) is 13.3 Å². The zero-order valence-electron chi connectivity index (χ0n) is 18.6. The Morgan fingerprint density at radius 3 is 2.16 bits per heavy atom. The van der Waals surface area contributed by atoms with Gasteiger partial charge in [0, 0.05) is 42.5 Å². The fraction of sp³-hybridized carbons (Fsp3) is 0.333. The zero-order chi connectivity index (χ0) is 21.8. The molecule has 0 atom stereocenters. The van der Waals surface area contributed by atoms with Crippen LogP contribution in [0.2, 0.25) is 0 Å². The van der Waals surface area contributed by atoms with Crippen molar-refractivity contribution in [2.45, 2.75) is 44.6 Å². The van der Waals surface area contributed by atoms with Crippen molar-refractivity contribution in [1.82, 2.24) is 4.98 Å². The summed E-state index contributed by atoms with van der Waals surface area (Å²) in [5.74, 6) is 0.733. The van der Waals surface area contributed by atoms with Gasteiger partial charge in [-0.3, -0.25) is 4.79 Å². The number of methoxy groups -OCH3 is 1. The SMILES string of the molecule is CCC1(N(C)c2ccc(-c3ccc(C(=O)CCc4ccc(OC)nc4)cc3)cc2)CC1. The van der Waals surface area contributed by atoms with E-state index in [0.29, 0.717) is 24.3 Å². The van der Waals surface area contributed by atoms with Crippen LogP contribution in [0.1, 0.15) is 48.5 Å². The van der Waals surface area contributed by atoms with Gasteiger partial charge in [-0.25, -0.2) is 4.98 Å². The quantitative estimate of drug-likeness (QED) is 0.406. The van der Waals surface area contributed by atoms with E-state index >= 15 is 0 Å². The summed E-state index contributed by atoms with van der Waals surface area (Å²) in [4.78, 5) is 19.2. The van der Waals surface area contributed by atoms with Crippen LogP contribution >= 0.6 is 0 Å². The molecule has 0 spiro atoms. The van der Waals surface area contributed by atoms with Crippen LogP contribution in [0.3, 0.4) is 0 Å². The lowest BCUT2D eigenvalue weighted by atomic mass is 9.99. The van der Waals surface area contributed by atoms with Crippen molar-refractivity contribution < 1.29 is 9.53 Å². The lowest BCUT2D eigenvalue weighted by Crippen LogP contribution is -2.32. The van der Waals surface area contributed by atoms with Crippen molar-refractivity contribution in [2.75, 3.05) is 19.1 Å². The number of Topliss-reactive ketones (excluding diaryl/α,β-unsaturated/α-hetero) is 1. The Labute approximate surface area is 184 Å². The Bertz CT molecular complexity index is 1020. The van der Waals surface area contributed by atoms with Gasteiger partial charge in [0.2, 0.25) is 5.88 Å². The molecule has 0 unspecified atom stereocenters. The van der Waals surface area contributed by atoms with E-state index < -0.39 is 0 Å². The topological polar surface area (TPSA) is 42.4 Å². The summed E-state index contributed by atoms with van der Waals surface area (Å²) in [6.07, 6.45) is 6.66. The molecule has 1 fully saturated rings. The van der Waals surface area contributed by atoms with E-state index in [1.807, 2.05) is 36.4 Å². The molecule has 4 rings (SSSR count). The second-order valence-electron chi connectivity index (χ2n) is 8.39. The van der Waals surface area contributed by atoms with E-state index in [-0.39, 0.29) is 5.78 Å². The minimum absolute atomic E-state index is 0.147. The number of carbonyl (C=O) groups excluding carboxylic acids is 1. The van der Waals surface area contributed by atoms with Gasteiger partial charge >= 0.3 is 0 Å². The molecule has 1 aromatic heterocycles. The minimum Gasteiger partial charge on any atom is -0.481 e. The first kappa shape index (κ1) is 21.1. The van der Waals surface area contributed by atoms with Gasteiger partial charge in [0.25, 0.3) is 0 Å². The number of ketones is 1. The second-order valence-corrected chi connectivity index (χ2v) is 8.39. The van der Waals surface area contributed by atoms with Crippen LogP contribution in [0.25, 0.3) is 11.1 Å². The van der Waals surface area contributed by atoms with Crippen molar-refractivity contribution in [1.29, 1.82) is 0 Å². The maximum Gasteiger partial charge on any atom is 0.212 e. The summed E-state index contributed by atoms with van der Waals surface area (Å²) in [6, 6.07) is 20.5. The highest BCUT2D eigenvalue weighted by Crippen LogP contribution is 2.45. The number of hydrogen-bond acceptors (Lipinski definition) is 4. The van der Waals surface area contributed by atoms with Gasteiger partial charge < -0.3 is 9.64 Å². The Kier molecular flexibility index (Phi) is 6.08. The molecule has 1 aliphatic rings. The lowest BCUT2D eigenvalue weighted by Gasteiger charge is -2.29. The molecule has 1 aliphatic carbocycles. The normalized spacial score (nSPS) is 14.2. The van der Waals surface area contributed by atoms with Gasteiger partial charge in [-0.15, -0.1) is 0 Å². The number of carbonyl (C=O) groups is 1. The summed E-state index contributed by atoms with van der Waals surface area (Å²) >= 11 is 0. The highest BCUT2D eigenvalue weighted by atomic mass is 16.5. The summed E-state index contributed by atoms with van der Waals surface area (Å²) in [5.41, 5.74) is 5.71. The number of nitrogens with zero attached hydrogens (tertiary/aromatic N) is 2. The Balaban J connectivity index is 1.37. The Morgan fingerprint density at radius 2 is 1.65 bits per heavy atom. The largest absolute Gasteiger partial charge is 0.481 e. The van der Waals surface area contributed by atoms with E-state index in [2.05, 4.69) is 48.1 Å². The molecule has 4 heteroatoms. The molecule has 3 aromatic rings. The molecule has 0 radical (unpaired) electrons. The summed E-state index contributed by atoms with van der Waals surface area (Å²) in [7, 11) is 3.80. The fourth-order valence-corrected chi connectivity index (χ4v) is 4.15. The number of rotatable bonds is 9. The van der Waals surface area contributed by atoms with E-state index in [4.69, 9.17) is 4.74 Å². The van der Waals surface area contributed by atoms with Gasteiger partial charge in [-0.1, -0.05) is 49.4 Å². The van der Waals surface area contributed by atoms with Gasteiger partial charge in [0.05, 0.1) is 7.11 Å². The Hall–Kier alpha value is -3.14. The smallest absolute Gasteiger partial charge is 0.212 e. The number of anilines is 1. The number of benzene rings is 2. The third kappa shape index (κ3) is 4.63. The molecule has 0 saturated heterocycles. The highest BCUT2D eigenvalue weighted by molar-refractivity contribution is 5.96. The zero-order valence-corrected chi connectivity index (χ0v) is 18.6. The third-order valence-electron chi connectivity index (χ3n) is 6.64. The number of pyridine rings is 1. The van der Waals surface area contributed by atoms with Gasteiger partial charge in [-0.05, 0) is 54.5 Å². The third-order valence-corrected chi connectivity index (χ3v) is 6.64. The molecule has 31 heavy (non-hydrogen) atoms. The van der Waals surface area contributed by atoms with Crippen molar-refractivity contribution in [3.63, 3.8) is 0 Å². The molecule has 0 amide bonds. The standard InChI is InChI=1S/C27H30N2O2/c1-4-27(17-18-27)29(2)24-13-11-22(12-14-24)21-7-9-23(10-8-21)25(30)15-5-20-6-16-26(31-3)28-19-20/h6-14,16,19H,4-5,15,17-18H2,1-3H3. The maximum atomic E-state index is 12.6. The molecule has 1 saturated carbocycles. The average Bonchev–Trinajstić information content (AvgIpc) is 3.64. The molecule has 1 heterocycles. The van der Waals surface area contributed by atoms with Crippen LogP contribution < -0.4 is 9.64 Å². The van der Waals surface area contributed by atoms with Crippen molar-refractivity contribution in [3.05, 3.63) is 78.0 Å². The van der Waals surface area contributed by atoms with Crippen molar-refractivity contribution >= 4 is 11.5 Å². The first-order valence-electron chi connectivity index (χ1n) is 11.0. The molecular formula is C27H30N2O2. The molecule has 0 N–H and O–H groups in total. The predicted molar refractivity (Wildman–Crippen MR) is 126 cm³/mol. The van der Waals surface area contributed by atoms with Crippen LogP contribution in [-0.4, -0.2) is 30.5 Å². The maximum absolute atomic E-state index is 12.6. The fourth-order valence-electron chi connectivity index (χ4n) is 4.15. The summed E-state index contributed by atoms with van der Waals surface area (Å²) < 4.78 is 5.07. The number of ether oxygens (including phenoxy) is 1. The second kappa shape index (κ2) is 8.93. The van der Waals surface area contributed by atoms with Crippen LogP contribution in [0.15, 0.2) is 66.9 Å². The molecule has 160 valence electrons. The van der Waals surface area contributed by atoms with Gasteiger partial charge in [-0.2, -0.15) is 0 Å². The van der Waals surface area contributed by atoms with Gasteiger partial charge in [0.1, 0.15) is 0 Å². The van der Waals surface area contributed by atoms with E-state index in [9.17, 15) is 4.79 Å². The molecule has 0 aliphatic heterocycles. The van der Waals surface area contributed by atoms with Gasteiger partial charge in [0.15, 0.2) is 5.78 Å². The number of aryl methyl sites for hydroxylation is 1. The predicted octanol–water partition coefficient (Wildman–Crippen LogP) is 5.95. The Morgan fingerprint density at radius 1 is 1.00 bits per heavy atom. The van der Waals surface area contributed by atoms with Crippen molar-refractivity contribution in [3.8, 4) is 17.0 Å². The van der Waals surface area contributed by atoms with E-state index in [1.165, 1.54) is 30.5 Å².